The highest BCUT2D eigenvalue weighted by Gasteiger charge is 2.28. The molecular weight excluding hydrogens is 304 g/mol. The highest BCUT2D eigenvalue weighted by molar-refractivity contribution is 5.95. The number of carboxylic acids is 1. The number of phenolic OH excluding ortho intramolecular Hbond substituents is 1. The summed E-state index contributed by atoms with van der Waals surface area (Å²) in [5, 5.41) is 29.2. The summed E-state index contributed by atoms with van der Waals surface area (Å²) in [6.45, 7) is 0.515. The number of nitro benzene ring substituents is 1. The van der Waals surface area contributed by atoms with Crippen molar-refractivity contribution in [2.45, 2.75) is 38.1 Å². The normalized spacial score (nSPS) is 17.7. The van der Waals surface area contributed by atoms with Gasteiger partial charge in [-0.05, 0) is 37.8 Å². The second-order valence-electron chi connectivity index (χ2n) is 5.54. The van der Waals surface area contributed by atoms with Crippen LogP contribution < -0.4 is 0 Å². The van der Waals surface area contributed by atoms with Gasteiger partial charge in [0.05, 0.1) is 4.92 Å². The molecule has 0 bridgehead atoms. The van der Waals surface area contributed by atoms with Crippen LogP contribution in [0.25, 0.3) is 0 Å². The fourth-order valence-electron chi connectivity index (χ4n) is 2.83. The van der Waals surface area contributed by atoms with Gasteiger partial charge in [0.15, 0.2) is 5.75 Å². The van der Waals surface area contributed by atoms with E-state index < -0.39 is 22.3 Å². The number of aromatic hydroxyl groups is 1. The van der Waals surface area contributed by atoms with Gasteiger partial charge in [0, 0.05) is 30.6 Å². The molecule has 1 aromatic rings. The minimum Gasteiger partial charge on any atom is -0.502 e. The fraction of sp³-hybridized carbons (Fsp3) is 0.467. The molecule has 0 radical (unpaired) electrons. The van der Waals surface area contributed by atoms with Crippen molar-refractivity contribution in [2.24, 2.45) is 0 Å². The van der Waals surface area contributed by atoms with Crippen molar-refractivity contribution >= 4 is 17.6 Å². The SMILES string of the molecule is O=C(O)CCC1CCCCN1C(=O)c1ccc([N+](=O)[O-])c(O)c1. The van der Waals surface area contributed by atoms with E-state index in [-0.39, 0.29) is 23.9 Å². The van der Waals surface area contributed by atoms with Crippen LogP contribution in [0.5, 0.6) is 5.75 Å². The first-order chi connectivity index (χ1) is 10.9. The average molecular weight is 322 g/mol. The zero-order valence-electron chi connectivity index (χ0n) is 12.5. The van der Waals surface area contributed by atoms with Crippen molar-refractivity contribution < 1.29 is 24.7 Å². The Morgan fingerprint density at radius 1 is 1.35 bits per heavy atom. The number of carbonyl (C=O) groups is 2. The maximum atomic E-state index is 12.6. The lowest BCUT2D eigenvalue weighted by molar-refractivity contribution is -0.385. The number of rotatable bonds is 5. The van der Waals surface area contributed by atoms with Gasteiger partial charge in [0.1, 0.15) is 0 Å². The Morgan fingerprint density at radius 2 is 2.09 bits per heavy atom. The quantitative estimate of drug-likeness (QED) is 0.633. The maximum Gasteiger partial charge on any atom is 0.310 e. The standard InChI is InChI=1S/C15H18N2O6/c18-13-9-10(4-6-12(13)17(22)23)15(21)16-8-2-1-3-11(16)5-7-14(19)20/h4,6,9,11,18H,1-3,5,7-8H2,(H,19,20). The van der Waals surface area contributed by atoms with Gasteiger partial charge in [-0.1, -0.05) is 0 Å². The van der Waals surface area contributed by atoms with Gasteiger partial charge in [-0.25, -0.2) is 0 Å². The van der Waals surface area contributed by atoms with E-state index in [0.717, 1.165) is 31.4 Å². The Morgan fingerprint density at radius 3 is 2.70 bits per heavy atom. The lowest BCUT2D eigenvalue weighted by atomic mass is 9.97. The fourth-order valence-corrected chi connectivity index (χ4v) is 2.83. The number of benzene rings is 1. The highest BCUT2D eigenvalue weighted by atomic mass is 16.6. The van der Waals surface area contributed by atoms with Crippen LogP contribution >= 0.6 is 0 Å². The minimum atomic E-state index is -0.907. The first kappa shape index (κ1) is 16.7. The Labute approximate surface area is 132 Å². The largest absolute Gasteiger partial charge is 0.502 e. The molecule has 0 spiro atoms. The second-order valence-corrected chi connectivity index (χ2v) is 5.54. The van der Waals surface area contributed by atoms with Crippen molar-refractivity contribution in [3.05, 3.63) is 33.9 Å². The van der Waals surface area contributed by atoms with Crippen molar-refractivity contribution in [3.63, 3.8) is 0 Å². The van der Waals surface area contributed by atoms with Crippen LogP contribution in [-0.4, -0.2) is 44.5 Å². The van der Waals surface area contributed by atoms with Gasteiger partial charge in [-0.2, -0.15) is 0 Å². The summed E-state index contributed by atoms with van der Waals surface area (Å²) in [7, 11) is 0. The smallest absolute Gasteiger partial charge is 0.310 e. The molecular formula is C15H18N2O6. The maximum absolute atomic E-state index is 12.6. The summed E-state index contributed by atoms with van der Waals surface area (Å²) in [5.41, 5.74) is -0.294. The van der Waals surface area contributed by atoms with Crippen LogP contribution in [0.4, 0.5) is 5.69 Å². The molecule has 0 aliphatic carbocycles. The molecule has 1 saturated heterocycles. The summed E-state index contributed by atoms with van der Waals surface area (Å²) >= 11 is 0. The number of carbonyl (C=O) groups excluding carboxylic acids is 1. The average Bonchev–Trinajstić information content (AvgIpc) is 2.52. The molecule has 8 nitrogen and oxygen atoms in total. The highest BCUT2D eigenvalue weighted by Crippen LogP contribution is 2.29. The Hall–Kier alpha value is -2.64. The van der Waals surface area contributed by atoms with Crippen LogP contribution in [0.2, 0.25) is 0 Å². The van der Waals surface area contributed by atoms with Gasteiger partial charge >= 0.3 is 11.7 Å². The van der Waals surface area contributed by atoms with E-state index >= 15 is 0 Å². The third kappa shape index (κ3) is 3.97. The number of aliphatic carboxylic acids is 1. The second kappa shape index (κ2) is 7.08. The number of likely N-dealkylation sites (tertiary alicyclic amines) is 1. The molecule has 1 atom stereocenters. The molecule has 1 aliphatic heterocycles. The molecule has 2 N–H and O–H groups in total. The van der Waals surface area contributed by atoms with E-state index in [1.165, 1.54) is 6.07 Å². The zero-order valence-corrected chi connectivity index (χ0v) is 12.5. The molecule has 0 aromatic heterocycles. The number of piperidine rings is 1. The van der Waals surface area contributed by atoms with Crippen LogP contribution in [0.15, 0.2) is 18.2 Å². The van der Waals surface area contributed by atoms with Crippen molar-refractivity contribution in [1.29, 1.82) is 0 Å². The summed E-state index contributed by atoms with van der Waals surface area (Å²) in [6, 6.07) is 3.33. The first-order valence-electron chi connectivity index (χ1n) is 7.40. The predicted molar refractivity (Wildman–Crippen MR) is 80.3 cm³/mol. The Balaban J connectivity index is 2.18. The molecule has 8 heteroatoms. The molecule has 23 heavy (non-hydrogen) atoms. The number of carboxylic acid groups (broad SMARTS) is 1. The summed E-state index contributed by atoms with van der Waals surface area (Å²) in [4.78, 5) is 34.9. The van der Waals surface area contributed by atoms with Crippen LogP contribution in [0, 0.1) is 10.1 Å². The van der Waals surface area contributed by atoms with Gasteiger partial charge in [-0.15, -0.1) is 0 Å². The molecule has 1 heterocycles. The van der Waals surface area contributed by atoms with Crippen LogP contribution in [-0.2, 0) is 4.79 Å². The zero-order chi connectivity index (χ0) is 17.0. The summed E-state index contributed by atoms with van der Waals surface area (Å²) in [6.07, 6.45) is 2.85. The topological polar surface area (TPSA) is 121 Å². The van der Waals surface area contributed by atoms with E-state index in [1.807, 2.05) is 0 Å². The molecule has 1 amide bonds. The first-order valence-corrected chi connectivity index (χ1v) is 7.40. The minimum absolute atomic E-state index is 0.0139. The van der Waals surface area contributed by atoms with E-state index in [1.54, 1.807) is 4.90 Å². The molecule has 124 valence electrons. The van der Waals surface area contributed by atoms with Gasteiger partial charge in [0.2, 0.25) is 0 Å². The monoisotopic (exact) mass is 322 g/mol. The van der Waals surface area contributed by atoms with Crippen molar-refractivity contribution in [1.82, 2.24) is 4.90 Å². The van der Waals surface area contributed by atoms with Crippen molar-refractivity contribution in [2.75, 3.05) is 6.54 Å². The third-order valence-electron chi connectivity index (χ3n) is 4.00. The van der Waals surface area contributed by atoms with Gasteiger partial charge < -0.3 is 15.1 Å². The Kier molecular flexibility index (Phi) is 5.15. The van der Waals surface area contributed by atoms with Crippen LogP contribution in [0.1, 0.15) is 42.5 Å². The molecule has 1 unspecified atom stereocenters. The van der Waals surface area contributed by atoms with Gasteiger partial charge in [-0.3, -0.25) is 19.7 Å². The number of nitro groups is 1. The third-order valence-corrected chi connectivity index (χ3v) is 4.00. The lowest BCUT2D eigenvalue weighted by Crippen LogP contribution is -2.43. The Bertz CT molecular complexity index is 630. The van der Waals surface area contributed by atoms with Gasteiger partial charge in [0.25, 0.3) is 5.91 Å². The van der Waals surface area contributed by atoms with Crippen LogP contribution in [0.3, 0.4) is 0 Å². The summed E-state index contributed by atoms with van der Waals surface area (Å²) in [5.74, 6) is -1.80. The van der Waals surface area contributed by atoms with E-state index in [0.29, 0.717) is 13.0 Å². The molecule has 0 saturated carbocycles. The van der Waals surface area contributed by atoms with E-state index in [9.17, 15) is 24.8 Å². The van der Waals surface area contributed by atoms with E-state index in [4.69, 9.17) is 5.11 Å². The molecule has 1 aliphatic rings. The molecule has 2 rings (SSSR count). The van der Waals surface area contributed by atoms with E-state index in [2.05, 4.69) is 0 Å². The number of amides is 1. The number of nitrogens with zero attached hydrogens (tertiary/aromatic N) is 2. The molecule has 1 aromatic carbocycles. The molecule has 1 fully saturated rings. The van der Waals surface area contributed by atoms with Crippen molar-refractivity contribution in [3.8, 4) is 5.75 Å². The number of hydrogen-bond acceptors (Lipinski definition) is 5. The predicted octanol–water partition coefficient (Wildman–Crippen LogP) is 2.16. The number of phenols is 1. The lowest BCUT2D eigenvalue weighted by Gasteiger charge is -2.35. The number of hydrogen-bond donors (Lipinski definition) is 2. The summed E-state index contributed by atoms with van der Waals surface area (Å²) < 4.78 is 0.